The fraction of sp³-hybridized carbons (Fsp3) is 0.400. The summed E-state index contributed by atoms with van der Waals surface area (Å²) in [5.74, 6) is 0. The largest absolute Gasteiger partial charge is 0.192 e. The number of hydrogen-bond acceptors (Lipinski definition) is 2. The zero-order chi connectivity index (χ0) is 9.40. The van der Waals surface area contributed by atoms with Crippen molar-refractivity contribution < 1.29 is 18.6 Å². The van der Waals surface area contributed by atoms with Gasteiger partial charge in [0.15, 0.2) is 0 Å². The molecule has 0 aromatic heterocycles. The average Bonchev–Trinajstić information content (AvgIpc) is 2.13. The van der Waals surface area contributed by atoms with Crippen molar-refractivity contribution >= 4 is 5.69 Å². The summed E-state index contributed by atoms with van der Waals surface area (Å²) < 4.78 is 0. The predicted molar refractivity (Wildman–Crippen MR) is 53.0 cm³/mol. The Kier molecular flexibility index (Phi) is 10.9. The maximum Gasteiger partial charge on any atom is 0.0852 e. The van der Waals surface area contributed by atoms with E-state index in [1.807, 2.05) is 45.0 Å². The van der Waals surface area contributed by atoms with E-state index in [0.29, 0.717) is 0 Å². The molecule has 1 aromatic carbocycles. The van der Waals surface area contributed by atoms with Crippen molar-refractivity contribution in [3.05, 3.63) is 29.8 Å². The van der Waals surface area contributed by atoms with Gasteiger partial charge in [0.25, 0.3) is 0 Å². The molecular formula is C10H16N2V. The van der Waals surface area contributed by atoms with Crippen molar-refractivity contribution in [2.24, 2.45) is 10.2 Å². The Balaban J connectivity index is 0. The van der Waals surface area contributed by atoms with E-state index >= 15 is 0 Å². The molecule has 1 rings (SSSR count). The molecule has 0 saturated carbocycles. The fourth-order valence-electron chi connectivity index (χ4n) is 0.727. The smallest absolute Gasteiger partial charge is 0.0852 e. The number of rotatable bonds is 1. The third-order valence-corrected chi connectivity index (χ3v) is 1.25. The van der Waals surface area contributed by atoms with Crippen LogP contribution in [0.5, 0.6) is 0 Å². The minimum Gasteiger partial charge on any atom is -0.192 e. The van der Waals surface area contributed by atoms with Crippen LogP contribution in [0, 0.1) is 6.92 Å². The number of aryl methyl sites for hydroxylation is 1. The second-order valence-electron chi connectivity index (χ2n) is 2.14. The molecule has 13 heavy (non-hydrogen) atoms. The van der Waals surface area contributed by atoms with Crippen LogP contribution in [-0.2, 0) is 18.6 Å². The van der Waals surface area contributed by atoms with Crippen LogP contribution in [0.2, 0.25) is 0 Å². The standard InChI is InChI=1S/C8H10N2.C2H6.V/c1-7-3-5-8(6-4-7)10-9-2;1-2;/h3-6H,1-2H3;1-2H3;. The van der Waals surface area contributed by atoms with E-state index in [1.165, 1.54) is 5.56 Å². The number of hydrogen-bond donors (Lipinski definition) is 0. The summed E-state index contributed by atoms with van der Waals surface area (Å²) in [6.45, 7) is 6.05. The van der Waals surface area contributed by atoms with E-state index in [0.717, 1.165) is 5.69 Å². The molecule has 71 valence electrons. The summed E-state index contributed by atoms with van der Waals surface area (Å²) in [6, 6.07) is 7.93. The molecule has 0 heterocycles. The van der Waals surface area contributed by atoms with Gasteiger partial charge < -0.3 is 0 Å². The van der Waals surface area contributed by atoms with Crippen LogP contribution in [0.25, 0.3) is 0 Å². The van der Waals surface area contributed by atoms with E-state index in [9.17, 15) is 0 Å². The predicted octanol–water partition coefficient (Wildman–Crippen LogP) is 3.73. The zero-order valence-corrected chi connectivity index (χ0v) is 10.0. The van der Waals surface area contributed by atoms with Crippen LogP contribution in [0.15, 0.2) is 34.5 Å². The van der Waals surface area contributed by atoms with E-state index in [1.54, 1.807) is 7.05 Å². The second kappa shape index (κ2) is 9.49. The molecular weight excluding hydrogens is 199 g/mol. The summed E-state index contributed by atoms with van der Waals surface area (Å²) in [5.41, 5.74) is 2.16. The van der Waals surface area contributed by atoms with Gasteiger partial charge in [0.1, 0.15) is 0 Å². The van der Waals surface area contributed by atoms with E-state index in [-0.39, 0.29) is 18.6 Å². The first kappa shape index (κ1) is 14.9. The Bertz CT molecular complexity index is 229. The van der Waals surface area contributed by atoms with Crippen molar-refractivity contribution in [3.8, 4) is 0 Å². The van der Waals surface area contributed by atoms with Gasteiger partial charge in [0, 0.05) is 25.6 Å². The Morgan fingerprint density at radius 2 is 1.46 bits per heavy atom. The van der Waals surface area contributed by atoms with Gasteiger partial charge in [-0.15, -0.1) is 0 Å². The Morgan fingerprint density at radius 1 is 1.00 bits per heavy atom. The van der Waals surface area contributed by atoms with Crippen molar-refractivity contribution in [2.45, 2.75) is 20.8 Å². The van der Waals surface area contributed by atoms with Crippen LogP contribution in [0.1, 0.15) is 19.4 Å². The molecule has 0 N–H and O–H groups in total. The van der Waals surface area contributed by atoms with Gasteiger partial charge in [-0.2, -0.15) is 10.2 Å². The summed E-state index contributed by atoms with van der Waals surface area (Å²) in [6.07, 6.45) is 0. The van der Waals surface area contributed by atoms with Gasteiger partial charge in [-0.25, -0.2) is 0 Å². The molecule has 0 aliphatic heterocycles. The maximum atomic E-state index is 3.87. The maximum absolute atomic E-state index is 3.87. The van der Waals surface area contributed by atoms with Crippen molar-refractivity contribution in [3.63, 3.8) is 0 Å². The fourth-order valence-corrected chi connectivity index (χ4v) is 0.727. The topological polar surface area (TPSA) is 24.7 Å². The Labute approximate surface area is 92.4 Å². The molecule has 0 aliphatic carbocycles. The van der Waals surface area contributed by atoms with Crippen LogP contribution in [-0.4, -0.2) is 7.05 Å². The van der Waals surface area contributed by atoms with Gasteiger partial charge in [-0.3, -0.25) is 0 Å². The van der Waals surface area contributed by atoms with E-state index < -0.39 is 0 Å². The molecule has 0 aliphatic rings. The number of azo groups is 1. The minimum atomic E-state index is 0. The first-order valence-electron chi connectivity index (χ1n) is 4.19. The van der Waals surface area contributed by atoms with Gasteiger partial charge in [0.2, 0.25) is 0 Å². The van der Waals surface area contributed by atoms with Gasteiger partial charge in [0.05, 0.1) is 5.69 Å². The van der Waals surface area contributed by atoms with E-state index in [4.69, 9.17) is 0 Å². The van der Waals surface area contributed by atoms with Crippen LogP contribution in [0.4, 0.5) is 5.69 Å². The van der Waals surface area contributed by atoms with Gasteiger partial charge in [-0.05, 0) is 19.1 Å². The van der Waals surface area contributed by atoms with Crippen LogP contribution >= 0.6 is 0 Å². The SMILES string of the molecule is CC.CN=Nc1ccc(C)cc1.[V]. The third-order valence-electron chi connectivity index (χ3n) is 1.25. The molecule has 3 heteroatoms. The van der Waals surface area contributed by atoms with Crippen molar-refractivity contribution in [1.29, 1.82) is 0 Å². The molecule has 0 fully saturated rings. The number of nitrogens with zero attached hydrogens (tertiary/aromatic N) is 2. The molecule has 0 saturated heterocycles. The Morgan fingerprint density at radius 3 is 1.85 bits per heavy atom. The Hall–Kier alpha value is -0.596. The van der Waals surface area contributed by atoms with Gasteiger partial charge >= 0.3 is 0 Å². The molecule has 0 amide bonds. The number of benzene rings is 1. The van der Waals surface area contributed by atoms with Gasteiger partial charge in [-0.1, -0.05) is 31.5 Å². The summed E-state index contributed by atoms with van der Waals surface area (Å²) in [7, 11) is 1.67. The normalized spacial score (nSPS) is 8.62. The average molecular weight is 215 g/mol. The van der Waals surface area contributed by atoms with E-state index in [2.05, 4.69) is 10.2 Å². The molecule has 0 unspecified atom stereocenters. The van der Waals surface area contributed by atoms with Crippen molar-refractivity contribution in [2.75, 3.05) is 7.05 Å². The molecule has 0 bridgehead atoms. The summed E-state index contributed by atoms with van der Waals surface area (Å²) in [4.78, 5) is 0. The molecule has 0 spiro atoms. The third kappa shape index (κ3) is 6.56. The monoisotopic (exact) mass is 215 g/mol. The van der Waals surface area contributed by atoms with Crippen molar-refractivity contribution in [1.82, 2.24) is 0 Å². The molecule has 1 aromatic rings. The summed E-state index contributed by atoms with van der Waals surface area (Å²) in [5, 5.41) is 7.53. The first-order valence-corrected chi connectivity index (χ1v) is 4.19. The minimum absolute atomic E-state index is 0. The molecule has 2 nitrogen and oxygen atoms in total. The van der Waals surface area contributed by atoms with Crippen LogP contribution in [0.3, 0.4) is 0 Å². The summed E-state index contributed by atoms with van der Waals surface area (Å²) >= 11 is 0. The van der Waals surface area contributed by atoms with Crippen LogP contribution < -0.4 is 0 Å². The second-order valence-corrected chi connectivity index (χ2v) is 2.14. The first-order chi connectivity index (χ1) is 5.83. The molecule has 1 radical (unpaired) electrons. The quantitative estimate of drug-likeness (QED) is 0.637. The zero-order valence-electron chi connectivity index (χ0n) is 8.65. The molecule has 0 atom stereocenters.